The topological polar surface area (TPSA) is 81.2 Å². The lowest BCUT2D eigenvalue weighted by Crippen LogP contribution is -2.47. The van der Waals surface area contributed by atoms with Crippen LogP contribution in [0.3, 0.4) is 0 Å². The molecule has 1 aromatic rings. The van der Waals surface area contributed by atoms with Gasteiger partial charge in [-0.2, -0.15) is 4.39 Å². The molecule has 3 atom stereocenters. The molecule has 0 bridgehead atoms. The van der Waals surface area contributed by atoms with E-state index in [-0.39, 0.29) is 13.0 Å². The molecule has 0 unspecified atom stereocenters. The lowest BCUT2D eigenvalue weighted by atomic mass is 9.78. The highest BCUT2D eigenvalue weighted by molar-refractivity contribution is 8.05. The second-order valence-corrected chi connectivity index (χ2v) is 8.64. The molecule has 0 radical (unpaired) electrons. The van der Waals surface area contributed by atoms with Gasteiger partial charge in [0.25, 0.3) is 5.56 Å². The molecule has 0 aliphatic heterocycles. The second kappa shape index (κ2) is 5.60. The van der Waals surface area contributed by atoms with Gasteiger partial charge in [0.1, 0.15) is 6.17 Å². The van der Waals surface area contributed by atoms with Crippen LogP contribution in [0.5, 0.6) is 0 Å². The summed E-state index contributed by atoms with van der Waals surface area (Å²) in [5.41, 5.74) is -2.06. The predicted molar refractivity (Wildman–Crippen MR) is 68.6 cm³/mol. The number of alkyl halides is 1. The van der Waals surface area contributed by atoms with Gasteiger partial charge in [-0.15, -0.1) is 0 Å². The van der Waals surface area contributed by atoms with Gasteiger partial charge in [0, 0.05) is 5.92 Å². The minimum absolute atomic E-state index is 0.139. The maximum Gasteiger partial charge on any atom is 0.380 e. The van der Waals surface area contributed by atoms with Crippen LogP contribution >= 0.6 is 28.6 Å². The van der Waals surface area contributed by atoms with E-state index in [2.05, 4.69) is 4.52 Å². The van der Waals surface area contributed by atoms with Crippen molar-refractivity contribution in [1.82, 2.24) is 9.55 Å². The van der Waals surface area contributed by atoms with Crippen LogP contribution in [-0.4, -0.2) is 22.3 Å². The maximum atomic E-state index is 13.9. The van der Waals surface area contributed by atoms with Crippen LogP contribution in [0.2, 0.25) is 0 Å². The minimum atomic E-state index is -3.74. The van der Waals surface area contributed by atoms with E-state index in [1.165, 1.54) is 0 Å². The first kappa shape index (κ1) is 15.7. The van der Waals surface area contributed by atoms with Gasteiger partial charge in [-0.3, -0.25) is 18.9 Å². The lowest BCUT2D eigenvalue weighted by molar-refractivity contribution is 0.00764. The predicted octanol–water partition coefficient (Wildman–Crippen LogP) is 2.18. The largest absolute Gasteiger partial charge is 0.380 e. The molecule has 0 saturated heterocycles. The van der Waals surface area contributed by atoms with E-state index in [0.717, 1.165) is 4.57 Å². The van der Waals surface area contributed by atoms with E-state index < -0.39 is 41.3 Å². The molecule has 1 aliphatic rings. The van der Waals surface area contributed by atoms with Gasteiger partial charge >= 0.3 is 11.8 Å². The Morgan fingerprint density at radius 1 is 1.50 bits per heavy atom. The van der Waals surface area contributed by atoms with Gasteiger partial charge in [0.15, 0.2) is 0 Å². The number of aromatic amines is 1. The van der Waals surface area contributed by atoms with E-state index in [9.17, 15) is 22.9 Å². The van der Waals surface area contributed by atoms with Crippen molar-refractivity contribution in [1.29, 1.82) is 0 Å². The number of nitrogens with zero attached hydrogens (tertiary/aromatic N) is 1. The average molecular weight is 349 g/mol. The first-order valence-corrected chi connectivity index (χ1v) is 8.91. The molecule has 1 heterocycles. The molecule has 1 fully saturated rings. The van der Waals surface area contributed by atoms with E-state index in [1.807, 2.05) is 0 Å². The van der Waals surface area contributed by atoms with Crippen molar-refractivity contribution in [2.75, 3.05) is 6.61 Å². The van der Waals surface area contributed by atoms with Gasteiger partial charge < -0.3 is 4.52 Å². The Bertz CT molecular complexity index is 673. The molecular formula is C9H9Cl2F2N2O4P. The third-order valence-corrected chi connectivity index (χ3v) is 4.12. The molecule has 0 aromatic carbocycles. The standard InChI is InChI=1S/C9H9Cl2F2N2O4P/c10-20(11,18)19-3-4-1-6(7(4)13)15-2-5(12)8(16)14-9(15)17/h2,4,6-7H,1,3H2,(H,14,16,17)/t4-,6-,7-/m0/s1. The summed E-state index contributed by atoms with van der Waals surface area (Å²) in [5, 5.41) is 0. The SMILES string of the molecule is O=c1[nH]c(=O)n([C@H]2C[C@@H](COP(=O)(Cl)Cl)[C@@H]2F)cc1F. The van der Waals surface area contributed by atoms with Crippen LogP contribution in [-0.2, 0) is 9.09 Å². The van der Waals surface area contributed by atoms with Crippen molar-refractivity contribution in [3.63, 3.8) is 0 Å². The quantitative estimate of drug-likeness (QED) is 0.845. The van der Waals surface area contributed by atoms with E-state index >= 15 is 0 Å². The molecule has 0 spiro atoms. The number of rotatable bonds is 4. The van der Waals surface area contributed by atoms with E-state index in [0.29, 0.717) is 6.20 Å². The third-order valence-electron chi connectivity index (χ3n) is 3.08. The number of hydrogen-bond donors (Lipinski definition) is 1. The van der Waals surface area contributed by atoms with E-state index in [4.69, 9.17) is 22.5 Å². The minimum Gasteiger partial charge on any atom is -0.306 e. The highest BCUT2D eigenvalue weighted by atomic mass is 35.9. The van der Waals surface area contributed by atoms with Crippen molar-refractivity contribution in [2.24, 2.45) is 5.92 Å². The van der Waals surface area contributed by atoms with Gasteiger partial charge in [-0.25, -0.2) is 9.18 Å². The Morgan fingerprint density at radius 2 is 2.15 bits per heavy atom. The Morgan fingerprint density at radius 3 is 2.70 bits per heavy atom. The summed E-state index contributed by atoms with van der Waals surface area (Å²) in [6.45, 7) is -0.275. The molecule has 112 valence electrons. The van der Waals surface area contributed by atoms with E-state index in [1.54, 1.807) is 4.98 Å². The number of hydrogen-bond acceptors (Lipinski definition) is 4. The lowest BCUT2D eigenvalue weighted by Gasteiger charge is -2.39. The molecule has 0 amide bonds. The summed E-state index contributed by atoms with van der Waals surface area (Å²) in [6.07, 6.45) is -4.47. The molecule has 20 heavy (non-hydrogen) atoms. The van der Waals surface area contributed by atoms with Crippen LogP contribution in [0.25, 0.3) is 0 Å². The fraction of sp³-hybridized carbons (Fsp3) is 0.556. The first-order valence-electron chi connectivity index (χ1n) is 5.48. The number of H-pyrrole nitrogens is 1. The van der Waals surface area contributed by atoms with Crippen LogP contribution < -0.4 is 11.2 Å². The van der Waals surface area contributed by atoms with Crippen LogP contribution in [0, 0.1) is 11.7 Å². The zero-order valence-electron chi connectivity index (χ0n) is 9.76. The van der Waals surface area contributed by atoms with Crippen LogP contribution in [0.15, 0.2) is 15.8 Å². The zero-order chi connectivity index (χ0) is 15.1. The van der Waals surface area contributed by atoms with Crippen molar-refractivity contribution in [3.05, 3.63) is 32.9 Å². The molecule has 1 saturated carbocycles. The highest BCUT2D eigenvalue weighted by Gasteiger charge is 2.44. The Labute approximate surface area is 120 Å². The number of halogens is 4. The van der Waals surface area contributed by atoms with Gasteiger partial charge in [-0.1, -0.05) is 0 Å². The molecular weight excluding hydrogens is 340 g/mol. The fourth-order valence-electron chi connectivity index (χ4n) is 2.01. The number of nitrogens with one attached hydrogen (secondary N) is 1. The Hall–Kier alpha value is -0.690. The maximum absolute atomic E-state index is 13.9. The monoisotopic (exact) mass is 348 g/mol. The molecule has 1 aromatic heterocycles. The van der Waals surface area contributed by atoms with Crippen molar-refractivity contribution < 1.29 is 17.9 Å². The summed E-state index contributed by atoms with van der Waals surface area (Å²) in [6, 6.07) is -0.924. The smallest absolute Gasteiger partial charge is 0.306 e. The Kier molecular flexibility index (Phi) is 4.39. The molecule has 11 heteroatoms. The molecule has 6 nitrogen and oxygen atoms in total. The van der Waals surface area contributed by atoms with Crippen molar-refractivity contribution in [3.8, 4) is 0 Å². The molecule has 1 N–H and O–H groups in total. The van der Waals surface area contributed by atoms with Crippen LogP contribution in [0.4, 0.5) is 8.78 Å². The Balaban J connectivity index is 2.08. The van der Waals surface area contributed by atoms with Gasteiger partial charge in [0.2, 0.25) is 5.82 Å². The second-order valence-electron chi connectivity index (χ2n) is 4.36. The third kappa shape index (κ3) is 3.31. The fourth-order valence-corrected chi connectivity index (χ4v) is 2.71. The van der Waals surface area contributed by atoms with Gasteiger partial charge in [0.05, 0.1) is 18.8 Å². The molecule has 1 aliphatic carbocycles. The summed E-state index contributed by atoms with van der Waals surface area (Å²) in [5.74, 6) is -1.84. The summed E-state index contributed by atoms with van der Waals surface area (Å²) in [4.78, 5) is 24.1. The normalized spacial score (nSPS) is 26.3. The summed E-state index contributed by atoms with van der Waals surface area (Å²) < 4.78 is 43.2. The van der Waals surface area contributed by atoms with Gasteiger partial charge in [-0.05, 0) is 28.9 Å². The highest BCUT2D eigenvalue weighted by Crippen LogP contribution is 2.58. The number of aromatic nitrogens is 2. The average Bonchev–Trinajstić information content (AvgIpc) is 2.32. The van der Waals surface area contributed by atoms with Crippen molar-refractivity contribution >= 4 is 28.6 Å². The first-order chi connectivity index (χ1) is 9.19. The zero-order valence-corrected chi connectivity index (χ0v) is 12.2. The summed E-state index contributed by atoms with van der Waals surface area (Å²) in [7, 11) is 0. The molecule has 2 rings (SSSR count). The van der Waals surface area contributed by atoms with Crippen molar-refractivity contribution in [2.45, 2.75) is 18.6 Å². The summed E-state index contributed by atoms with van der Waals surface area (Å²) >= 11 is 10.3. The van der Waals surface area contributed by atoms with Crippen LogP contribution in [0.1, 0.15) is 12.5 Å².